The van der Waals surface area contributed by atoms with Crippen molar-refractivity contribution in [2.45, 2.75) is 26.4 Å². The van der Waals surface area contributed by atoms with E-state index in [9.17, 15) is 8.78 Å². The van der Waals surface area contributed by atoms with Crippen LogP contribution in [0.25, 0.3) is 16.7 Å². The van der Waals surface area contributed by atoms with Crippen molar-refractivity contribution in [3.8, 4) is 5.69 Å². The quantitative estimate of drug-likeness (QED) is 0.706. The molecule has 0 atom stereocenters. The molecule has 5 nitrogen and oxygen atoms in total. The second-order valence-corrected chi connectivity index (χ2v) is 7.28. The Morgan fingerprint density at radius 2 is 1.78 bits per heavy atom. The van der Waals surface area contributed by atoms with Gasteiger partial charge in [-0.3, -0.25) is 9.80 Å². The molecule has 0 saturated carbocycles. The fourth-order valence-corrected chi connectivity index (χ4v) is 3.63. The van der Waals surface area contributed by atoms with Gasteiger partial charge >= 0.3 is 0 Å². The first-order chi connectivity index (χ1) is 13.0. The van der Waals surface area contributed by atoms with Crippen LogP contribution < -0.4 is 0 Å². The fraction of sp³-hybridized carbons (Fsp3) is 0.400. The molecule has 0 amide bonds. The monoisotopic (exact) mass is 371 g/mol. The van der Waals surface area contributed by atoms with Crippen LogP contribution in [-0.2, 0) is 6.54 Å². The van der Waals surface area contributed by atoms with E-state index < -0.39 is 11.6 Å². The maximum absolute atomic E-state index is 14.7. The molecule has 142 valence electrons. The minimum absolute atomic E-state index is 0.128. The Labute approximate surface area is 157 Å². The minimum atomic E-state index is -0.521. The first-order valence-corrected chi connectivity index (χ1v) is 9.24. The summed E-state index contributed by atoms with van der Waals surface area (Å²) < 4.78 is 31.2. The molecule has 0 radical (unpaired) electrons. The summed E-state index contributed by atoms with van der Waals surface area (Å²) in [6, 6.07) is 5.09. The van der Waals surface area contributed by atoms with Gasteiger partial charge in [-0.25, -0.2) is 18.7 Å². The maximum atomic E-state index is 14.7. The Morgan fingerprint density at radius 3 is 2.44 bits per heavy atom. The van der Waals surface area contributed by atoms with Crippen LogP contribution in [0.3, 0.4) is 0 Å². The van der Waals surface area contributed by atoms with Crippen LogP contribution in [0.1, 0.15) is 19.4 Å². The molecule has 2 aromatic heterocycles. The molecule has 7 heteroatoms. The third kappa shape index (κ3) is 3.57. The van der Waals surface area contributed by atoms with Crippen LogP contribution >= 0.6 is 0 Å². The number of hydrogen-bond donors (Lipinski definition) is 0. The normalized spacial score (nSPS) is 16.5. The van der Waals surface area contributed by atoms with E-state index in [0.29, 0.717) is 23.9 Å². The van der Waals surface area contributed by atoms with Gasteiger partial charge in [-0.05, 0) is 32.0 Å². The third-order valence-electron chi connectivity index (χ3n) is 5.27. The van der Waals surface area contributed by atoms with E-state index in [-0.39, 0.29) is 5.56 Å². The molecule has 1 aromatic carbocycles. The Hall–Kier alpha value is -2.38. The number of rotatable bonds is 4. The molecule has 1 fully saturated rings. The molecule has 1 saturated heterocycles. The van der Waals surface area contributed by atoms with Crippen molar-refractivity contribution in [1.82, 2.24) is 24.3 Å². The van der Waals surface area contributed by atoms with Crippen LogP contribution in [0.4, 0.5) is 8.78 Å². The number of nitrogens with zero attached hydrogens (tertiary/aromatic N) is 5. The Kier molecular flexibility index (Phi) is 4.88. The molecule has 0 aliphatic carbocycles. The summed E-state index contributed by atoms with van der Waals surface area (Å²) in [6.07, 6.45) is 4.85. The second kappa shape index (κ2) is 7.32. The second-order valence-electron chi connectivity index (χ2n) is 7.28. The van der Waals surface area contributed by atoms with Crippen molar-refractivity contribution in [2.75, 3.05) is 26.2 Å². The zero-order valence-electron chi connectivity index (χ0n) is 15.6. The number of piperazine rings is 1. The zero-order valence-corrected chi connectivity index (χ0v) is 15.6. The summed E-state index contributed by atoms with van der Waals surface area (Å²) in [7, 11) is 0. The highest BCUT2D eigenvalue weighted by atomic mass is 19.1. The Morgan fingerprint density at radius 1 is 1.07 bits per heavy atom. The molecule has 1 aliphatic rings. The van der Waals surface area contributed by atoms with Crippen molar-refractivity contribution in [1.29, 1.82) is 0 Å². The van der Waals surface area contributed by atoms with Gasteiger partial charge in [-0.15, -0.1) is 0 Å². The van der Waals surface area contributed by atoms with Crippen molar-refractivity contribution in [2.24, 2.45) is 0 Å². The molecule has 27 heavy (non-hydrogen) atoms. The van der Waals surface area contributed by atoms with Gasteiger partial charge in [-0.1, -0.05) is 0 Å². The molecular formula is C20H23F2N5. The summed E-state index contributed by atoms with van der Waals surface area (Å²) in [6.45, 7) is 8.11. The lowest BCUT2D eigenvalue weighted by Crippen LogP contribution is -2.48. The maximum Gasteiger partial charge on any atom is 0.147 e. The summed E-state index contributed by atoms with van der Waals surface area (Å²) in [5.74, 6) is -1.04. The molecule has 0 unspecified atom stereocenters. The van der Waals surface area contributed by atoms with Gasteiger partial charge < -0.3 is 4.57 Å². The van der Waals surface area contributed by atoms with E-state index in [4.69, 9.17) is 0 Å². The predicted molar refractivity (Wildman–Crippen MR) is 101 cm³/mol. The minimum Gasteiger partial charge on any atom is -0.301 e. The fourth-order valence-electron chi connectivity index (χ4n) is 3.63. The SMILES string of the molecule is CC(C)N1CCN(Cc2c(F)cc(-n3ccc4cncnc43)cc2F)CC1. The van der Waals surface area contributed by atoms with E-state index in [1.54, 1.807) is 17.0 Å². The van der Waals surface area contributed by atoms with Gasteiger partial charge in [0.15, 0.2) is 0 Å². The standard InChI is InChI=1S/C20H23F2N5/c1-14(2)26-7-5-25(6-8-26)12-17-18(21)9-16(10-19(17)22)27-4-3-15-11-23-13-24-20(15)27/h3-4,9-11,13-14H,5-8,12H2,1-2H3. The number of aromatic nitrogens is 3. The van der Waals surface area contributed by atoms with Crippen molar-refractivity contribution >= 4 is 11.0 Å². The smallest absolute Gasteiger partial charge is 0.147 e. The van der Waals surface area contributed by atoms with Gasteiger partial charge in [0.1, 0.15) is 23.6 Å². The molecule has 0 spiro atoms. The summed E-state index contributed by atoms with van der Waals surface area (Å²) >= 11 is 0. The van der Waals surface area contributed by atoms with Gasteiger partial charge in [0.05, 0.1) is 5.69 Å². The topological polar surface area (TPSA) is 37.2 Å². The highest BCUT2D eigenvalue weighted by molar-refractivity contribution is 5.76. The van der Waals surface area contributed by atoms with E-state index in [1.807, 2.05) is 6.07 Å². The molecule has 0 bridgehead atoms. The van der Waals surface area contributed by atoms with E-state index in [2.05, 4.69) is 33.6 Å². The number of benzene rings is 1. The highest BCUT2D eigenvalue weighted by Crippen LogP contribution is 2.23. The van der Waals surface area contributed by atoms with Crippen molar-refractivity contribution in [3.63, 3.8) is 0 Å². The Balaban J connectivity index is 1.56. The Bertz CT molecular complexity index is 921. The number of fused-ring (bicyclic) bond motifs is 1. The highest BCUT2D eigenvalue weighted by Gasteiger charge is 2.22. The van der Waals surface area contributed by atoms with Gasteiger partial charge in [-0.2, -0.15) is 0 Å². The van der Waals surface area contributed by atoms with Crippen LogP contribution in [-0.4, -0.2) is 56.6 Å². The van der Waals surface area contributed by atoms with Gasteiger partial charge in [0.2, 0.25) is 0 Å². The van der Waals surface area contributed by atoms with E-state index in [1.165, 1.54) is 18.5 Å². The lowest BCUT2D eigenvalue weighted by atomic mass is 10.1. The third-order valence-corrected chi connectivity index (χ3v) is 5.27. The predicted octanol–water partition coefficient (Wildman–Crippen LogP) is 3.22. The molecule has 3 heterocycles. The molecule has 4 rings (SSSR count). The van der Waals surface area contributed by atoms with Crippen molar-refractivity contribution in [3.05, 3.63) is 54.1 Å². The first kappa shape index (κ1) is 18.0. The molecule has 1 aliphatic heterocycles. The molecular weight excluding hydrogens is 348 g/mol. The first-order valence-electron chi connectivity index (χ1n) is 9.24. The lowest BCUT2D eigenvalue weighted by molar-refractivity contribution is 0.102. The average Bonchev–Trinajstić information content (AvgIpc) is 3.09. The van der Waals surface area contributed by atoms with Crippen LogP contribution in [0.15, 0.2) is 36.9 Å². The summed E-state index contributed by atoms with van der Waals surface area (Å²) in [5, 5.41) is 0.824. The molecule has 3 aromatic rings. The number of halogens is 2. The summed E-state index contributed by atoms with van der Waals surface area (Å²) in [4.78, 5) is 12.7. The largest absolute Gasteiger partial charge is 0.301 e. The number of hydrogen-bond acceptors (Lipinski definition) is 4. The van der Waals surface area contributed by atoms with Gasteiger partial charge in [0.25, 0.3) is 0 Å². The lowest BCUT2D eigenvalue weighted by Gasteiger charge is -2.37. The average molecular weight is 371 g/mol. The van der Waals surface area contributed by atoms with E-state index in [0.717, 1.165) is 31.6 Å². The van der Waals surface area contributed by atoms with Crippen LogP contribution in [0.2, 0.25) is 0 Å². The zero-order chi connectivity index (χ0) is 19.0. The van der Waals surface area contributed by atoms with Crippen molar-refractivity contribution < 1.29 is 8.78 Å². The van der Waals surface area contributed by atoms with E-state index >= 15 is 0 Å². The van der Waals surface area contributed by atoms with Crippen LogP contribution in [0, 0.1) is 11.6 Å². The van der Waals surface area contributed by atoms with Gasteiger partial charge in [0, 0.05) is 62.1 Å². The van der Waals surface area contributed by atoms with Crippen LogP contribution in [0.5, 0.6) is 0 Å². The molecule has 0 N–H and O–H groups in total. The summed E-state index contributed by atoms with van der Waals surface area (Å²) in [5.41, 5.74) is 1.18.